The van der Waals surface area contributed by atoms with Crippen LogP contribution in [0.5, 0.6) is 0 Å². The minimum absolute atomic E-state index is 0. The maximum absolute atomic E-state index is 9.54. The van der Waals surface area contributed by atoms with Crippen molar-refractivity contribution in [2.75, 3.05) is 0 Å². The summed E-state index contributed by atoms with van der Waals surface area (Å²) < 4.78 is 0. The molecule has 12 heavy (non-hydrogen) atoms. The second-order valence-corrected chi connectivity index (χ2v) is 4.92. The van der Waals surface area contributed by atoms with Crippen molar-refractivity contribution in [1.29, 1.82) is 0 Å². The van der Waals surface area contributed by atoms with Crippen molar-refractivity contribution in [3.63, 3.8) is 0 Å². The van der Waals surface area contributed by atoms with Crippen LogP contribution in [0, 0.1) is 5.41 Å². The second kappa shape index (κ2) is 5.16. The first-order chi connectivity index (χ1) is 4.76. The van der Waals surface area contributed by atoms with Gasteiger partial charge in [0.2, 0.25) is 0 Å². The van der Waals surface area contributed by atoms with Crippen molar-refractivity contribution < 1.29 is 5.21 Å². The lowest BCUT2D eigenvalue weighted by Gasteiger charge is -2.35. The van der Waals surface area contributed by atoms with E-state index in [1.54, 1.807) is 0 Å². The molecule has 0 aromatic rings. The Labute approximate surface area is 79.5 Å². The summed E-state index contributed by atoms with van der Waals surface area (Å²) >= 11 is 0. The minimum Gasteiger partial charge on any atom is -0.313 e. The summed E-state index contributed by atoms with van der Waals surface area (Å²) in [5.41, 5.74) is 0.101. The molecule has 0 bridgehead atoms. The van der Waals surface area contributed by atoms with E-state index in [9.17, 15) is 5.21 Å². The van der Waals surface area contributed by atoms with Crippen molar-refractivity contribution >= 4 is 9.24 Å². The van der Waals surface area contributed by atoms with Gasteiger partial charge in [-0.25, -0.2) is 0 Å². The SMILES string of the molecule is C.CC(C)N(O)C(P)C(C)(C)C. The molecule has 0 amide bonds. The molecule has 0 aliphatic carbocycles. The fraction of sp³-hybridized carbons (Fsp3) is 1.00. The van der Waals surface area contributed by atoms with Crippen LogP contribution in [-0.2, 0) is 0 Å². The molecule has 0 aromatic heterocycles. The van der Waals surface area contributed by atoms with Gasteiger partial charge in [-0.05, 0) is 19.3 Å². The number of nitrogens with zero attached hydrogens (tertiary/aromatic N) is 1. The molecule has 2 atom stereocenters. The van der Waals surface area contributed by atoms with E-state index >= 15 is 0 Å². The molecule has 3 heteroatoms. The summed E-state index contributed by atoms with van der Waals surface area (Å²) in [4.78, 5) is 0. The predicted octanol–water partition coefficient (Wildman–Crippen LogP) is 2.97. The third-order valence-corrected chi connectivity index (χ3v) is 3.01. The van der Waals surface area contributed by atoms with Gasteiger partial charge in [-0.1, -0.05) is 28.2 Å². The van der Waals surface area contributed by atoms with Gasteiger partial charge in [0, 0.05) is 6.04 Å². The molecule has 0 spiro atoms. The van der Waals surface area contributed by atoms with Crippen LogP contribution in [0.3, 0.4) is 0 Å². The molecule has 0 heterocycles. The predicted molar refractivity (Wildman–Crippen MR) is 58.4 cm³/mol. The maximum atomic E-state index is 9.54. The molecule has 0 aliphatic rings. The van der Waals surface area contributed by atoms with Gasteiger partial charge in [0.05, 0.1) is 5.78 Å². The quantitative estimate of drug-likeness (QED) is 0.538. The molecule has 0 aromatic carbocycles. The topological polar surface area (TPSA) is 23.5 Å². The molecule has 2 nitrogen and oxygen atoms in total. The zero-order valence-electron chi connectivity index (χ0n) is 8.13. The minimum atomic E-state index is 0. The average Bonchev–Trinajstić information content (AvgIpc) is 1.82. The van der Waals surface area contributed by atoms with Gasteiger partial charge in [0.25, 0.3) is 0 Å². The molecule has 1 N–H and O–H groups in total. The van der Waals surface area contributed by atoms with E-state index < -0.39 is 0 Å². The lowest BCUT2D eigenvalue weighted by Crippen LogP contribution is -2.41. The number of hydrogen-bond acceptors (Lipinski definition) is 2. The molecular formula is C9H24NOP. The normalized spacial score (nSPS) is 14.8. The Morgan fingerprint density at radius 3 is 1.67 bits per heavy atom. The second-order valence-electron chi connectivity index (χ2n) is 4.28. The Balaban J connectivity index is 0. The van der Waals surface area contributed by atoms with Crippen LogP contribution in [0.25, 0.3) is 0 Å². The lowest BCUT2D eigenvalue weighted by atomic mass is 9.96. The first-order valence-corrected chi connectivity index (χ1v) is 4.66. The largest absolute Gasteiger partial charge is 0.313 e. The molecule has 0 rings (SSSR count). The van der Waals surface area contributed by atoms with E-state index in [0.29, 0.717) is 0 Å². The fourth-order valence-electron chi connectivity index (χ4n) is 0.718. The lowest BCUT2D eigenvalue weighted by molar-refractivity contribution is -0.147. The number of hydrogen-bond donors (Lipinski definition) is 1. The third-order valence-electron chi connectivity index (χ3n) is 1.70. The van der Waals surface area contributed by atoms with Crippen LogP contribution in [-0.4, -0.2) is 22.1 Å². The average molecular weight is 193 g/mol. The third kappa shape index (κ3) is 4.39. The van der Waals surface area contributed by atoms with Crippen molar-refractivity contribution in [3.05, 3.63) is 0 Å². The van der Waals surface area contributed by atoms with Gasteiger partial charge >= 0.3 is 0 Å². The summed E-state index contributed by atoms with van der Waals surface area (Å²) in [6, 6.07) is 0.178. The van der Waals surface area contributed by atoms with Crippen molar-refractivity contribution in [2.24, 2.45) is 5.41 Å². The number of hydroxylamine groups is 2. The van der Waals surface area contributed by atoms with Crippen LogP contribution in [0.2, 0.25) is 0 Å². The fourth-order valence-corrected chi connectivity index (χ4v) is 1.06. The highest BCUT2D eigenvalue weighted by atomic mass is 31.0. The van der Waals surface area contributed by atoms with Gasteiger partial charge in [-0.2, -0.15) is 5.06 Å². The van der Waals surface area contributed by atoms with Crippen LogP contribution >= 0.6 is 9.24 Å². The zero-order chi connectivity index (χ0) is 9.23. The highest BCUT2D eigenvalue weighted by Crippen LogP contribution is 2.29. The molecule has 0 fully saturated rings. The summed E-state index contributed by atoms with van der Waals surface area (Å²) in [5, 5.41) is 10.9. The van der Waals surface area contributed by atoms with Gasteiger partial charge in [-0.15, -0.1) is 9.24 Å². The molecular weight excluding hydrogens is 169 g/mol. The van der Waals surface area contributed by atoms with E-state index in [-0.39, 0.29) is 24.7 Å². The summed E-state index contributed by atoms with van der Waals surface area (Å²) in [6.45, 7) is 10.3. The molecule has 0 aliphatic heterocycles. The highest BCUT2D eigenvalue weighted by molar-refractivity contribution is 7.17. The van der Waals surface area contributed by atoms with E-state index in [0.717, 1.165) is 0 Å². The molecule has 2 unspecified atom stereocenters. The summed E-state index contributed by atoms with van der Waals surface area (Å²) in [7, 11) is 2.66. The van der Waals surface area contributed by atoms with E-state index in [2.05, 4.69) is 30.0 Å². The van der Waals surface area contributed by atoms with Crippen LogP contribution < -0.4 is 0 Å². The Kier molecular flexibility index (Phi) is 6.39. The highest BCUT2D eigenvalue weighted by Gasteiger charge is 2.26. The number of rotatable bonds is 2. The first kappa shape index (κ1) is 14.9. The molecule has 0 radical (unpaired) electrons. The van der Waals surface area contributed by atoms with Crippen molar-refractivity contribution in [1.82, 2.24) is 5.06 Å². The van der Waals surface area contributed by atoms with Crippen LogP contribution in [0.4, 0.5) is 0 Å². The molecule has 76 valence electrons. The monoisotopic (exact) mass is 193 g/mol. The van der Waals surface area contributed by atoms with Gasteiger partial charge < -0.3 is 5.21 Å². The Morgan fingerprint density at radius 1 is 1.25 bits per heavy atom. The van der Waals surface area contributed by atoms with Crippen molar-refractivity contribution in [3.8, 4) is 0 Å². The summed E-state index contributed by atoms with van der Waals surface area (Å²) in [5.74, 6) is 0.113. The van der Waals surface area contributed by atoms with Crippen LogP contribution in [0.15, 0.2) is 0 Å². The molecule has 0 saturated heterocycles. The van der Waals surface area contributed by atoms with Gasteiger partial charge in [0.1, 0.15) is 0 Å². The van der Waals surface area contributed by atoms with E-state index in [4.69, 9.17) is 0 Å². The maximum Gasteiger partial charge on any atom is 0.0540 e. The Hall–Kier alpha value is 0.350. The van der Waals surface area contributed by atoms with Crippen molar-refractivity contribution in [2.45, 2.75) is 53.9 Å². The summed E-state index contributed by atoms with van der Waals surface area (Å²) in [6.07, 6.45) is 0. The smallest absolute Gasteiger partial charge is 0.0540 e. The van der Waals surface area contributed by atoms with Gasteiger partial charge in [0.15, 0.2) is 0 Å². The zero-order valence-corrected chi connectivity index (χ0v) is 9.28. The van der Waals surface area contributed by atoms with E-state index in [1.807, 2.05) is 13.8 Å². The molecule has 0 saturated carbocycles. The van der Waals surface area contributed by atoms with E-state index in [1.165, 1.54) is 5.06 Å². The standard InChI is InChI=1S/C8H20NOP.CH4/c1-6(2)9(10)7(11)8(3,4)5;/h6-7,10H,11H2,1-5H3;1H4. The van der Waals surface area contributed by atoms with Crippen LogP contribution in [0.1, 0.15) is 42.0 Å². The Morgan fingerprint density at radius 2 is 1.58 bits per heavy atom. The first-order valence-electron chi connectivity index (χ1n) is 3.99. The Bertz CT molecular complexity index is 120. The van der Waals surface area contributed by atoms with Gasteiger partial charge in [-0.3, -0.25) is 0 Å².